The third kappa shape index (κ3) is 13.4. The van der Waals surface area contributed by atoms with Gasteiger partial charge in [-0.15, -0.1) is 136 Å². The second-order valence-electron chi connectivity index (χ2n) is 24.3. The standard InChI is InChI=1S/C64H68S12Si5/c1-77(2,61-29-25-57(73-61)53-21-17-49(69-53)45-13-9-33-65-45)37-41-81(42-38-78(3,4)62-30-26-58(74-62)54-22-18-50(70-54)46-14-10-34-66-46,43-39-79(5,6)63-31-27-59(75-63)55-23-19-51(71-55)47-15-11-35-67-47)44-40-80(7,8)64-32-28-60(76-64)56-24-20-52(72-56)48-16-12-36-68-48/h9-36H,37-44H2,1-8H3. The minimum atomic E-state index is -1.93. The molecule has 0 amide bonds. The van der Waals surface area contributed by atoms with Crippen LogP contribution in [0.25, 0.3) is 78.0 Å². The summed E-state index contributed by atoms with van der Waals surface area (Å²) < 4.78 is 6.76. The molecule has 0 spiro atoms. The van der Waals surface area contributed by atoms with E-state index in [-0.39, 0.29) is 0 Å². The van der Waals surface area contributed by atoms with Gasteiger partial charge in [0.1, 0.15) is 0 Å². The van der Waals surface area contributed by atoms with Crippen LogP contribution in [0.4, 0.5) is 0 Å². The number of hydrogen-bond donors (Lipinski definition) is 0. The molecule has 0 saturated heterocycles. The molecule has 0 bridgehead atoms. The Morgan fingerprint density at radius 1 is 0.210 bits per heavy atom. The smallest absolute Gasteiger partial charge is 0.0931 e. The Kier molecular flexibility index (Phi) is 17.9. The molecule has 12 rings (SSSR count). The van der Waals surface area contributed by atoms with Gasteiger partial charge in [-0.2, -0.15) is 0 Å². The molecule has 0 aliphatic carbocycles. The van der Waals surface area contributed by atoms with Crippen LogP contribution in [0, 0.1) is 0 Å². The molecule has 0 aliphatic heterocycles. The van der Waals surface area contributed by atoms with Crippen molar-refractivity contribution in [3.63, 3.8) is 0 Å². The Balaban J connectivity index is 0.859. The van der Waals surface area contributed by atoms with E-state index in [1.54, 1.807) is 18.0 Å². The van der Waals surface area contributed by atoms with E-state index < -0.39 is 40.4 Å². The van der Waals surface area contributed by atoms with Gasteiger partial charge in [-0.1, -0.05) is 149 Å². The Hall–Kier alpha value is -2.52. The maximum atomic E-state index is 2.73. The molecule has 0 nitrogen and oxygen atoms in total. The highest BCUT2D eigenvalue weighted by Crippen LogP contribution is 2.46. The van der Waals surface area contributed by atoms with Crippen molar-refractivity contribution in [2.45, 2.75) is 101 Å². The summed E-state index contributed by atoms with van der Waals surface area (Å²) >= 11 is 23.8. The first-order valence-corrected chi connectivity index (χ1v) is 53.7. The van der Waals surface area contributed by atoms with Gasteiger partial charge < -0.3 is 0 Å². The lowest BCUT2D eigenvalue weighted by Gasteiger charge is -2.40. The maximum Gasteiger partial charge on any atom is 0.0931 e. The van der Waals surface area contributed by atoms with Crippen molar-refractivity contribution in [2.75, 3.05) is 0 Å². The predicted octanol–water partition coefficient (Wildman–Crippen LogP) is 24.0. The average molecular weight is 1360 g/mol. The van der Waals surface area contributed by atoms with Crippen LogP contribution < -0.4 is 18.0 Å². The quantitative estimate of drug-likeness (QED) is 0.0529. The zero-order valence-electron chi connectivity index (χ0n) is 47.2. The fourth-order valence-electron chi connectivity index (χ4n) is 11.0. The molecule has 0 N–H and O–H groups in total. The van der Waals surface area contributed by atoms with Gasteiger partial charge in [0.15, 0.2) is 0 Å². The first-order chi connectivity index (χ1) is 39.0. The summed E-state index contributed by atoms with van der Waals surface area (Å²) in [5.74, 6) is 0. The summed E-state index contributed by atoms with van der Waals surface area (Å²) in [5.41, 5.74) is 0. The second kappa shape index (κ2) is 24.7. The summed E-state index contributed by atoms with van der Waals surface area (Å²) in [6.07, 6.45) is 0. The largest absolute Gasteiger partial charge is 0.144 e. The third-order valence-corrected chi connectivity index (χ3v) is 56.7. The molecule has 0 unspecified atom stereocenters. The Morgan fingerprint density at radius 3 is 0.593 bits per heavy atom. The molecule has 416 valence electrons. The molecule has 0 aliphatic rings. The van der Waals surface area contributed by atoms with Crippen molar-refractivity contribution in [2.24, 2.45) is 0 Å². The highest BCUT2D eigenvalue weighted by atomic mass is 32.1. The van der Waals surface area contributed by atoms with Crippen LogP contribution in [-0.4, -0.2) is 40.4 Å². The predicted molar refractivity (Wildman–Crippen MR) is 396 cm³/mol. The van der Waals surface area contributed by atoms with Crippen molar-refractivity contribution in [1.82, 2.24) is 0 Å². The SMILES string of the molecule is C[Si](C)(CC[Si](CC[Si](C)(C)c1ccc(-c2ccc(-c3cccs3)s2)s1)(CC[Si](C)(C)c1ccc(-c2ccc(-c3cccs3)s2)s1)CC[Si](C)(C)c1ccc(-c2ccc(-c3cccs3)s2)s1)c1ccc(-c2ccc(-c3cccs3)s2)s1. The molecule has 12 aromatic heterocycles. The molecular formula is C64H68S12Si5. The molecule has 17 heteroatoms. The van der Waals surface area contributed by atoms with Gasteiger partial charge in [0.2, 0.25) is 0 Å². The van der Waals surface area contributed by atoms with Crippen LogP contribution in [0.3, 0.4) is 0 Å². The van der Waals surface area contributed by atoms with Crippen LogP contribution >= 0.6 is 136 Å². The summed E-state index contributed by atoms with van der Waals surface area (Å²) in [6.45, 7) is 21.8. The highest BCUT2D eigenvalue weighted by molar-refractivity contribution is 7.35. The van der Waals surface area contributed by atoms with E-state index in [0.717, 1.165) is 0 Å². The van der Waals surface area contributed by atoms with Gasteiger partial charge in [0.05, 0.1) is 40.4 Å². The van der Waals surface area contributed by atoms with E-state index >= 15 is 0 Å². The van der Waals surface area contributed by atoms with Crippen molar-refractivity contribution in [3.8, 4) is 78.0 Å². The van der Waals surface area contributed by atoms with Crippen molar-refractivity contribution < 1.29 is 0 Å². The Labute approximate surface area is 533 Å². The maximum absolute atomic E-state index is 2.73. The lowest BCUT2D eigenvalue weighted by atomic mass is 10.3. The normalized spacial score (nSPS) is 12.8. The molecule has 12 heterocycles. The monoisotopic (exact) mass is 1360 g/mol. The summed E-state index contributed by atoms with van der Waals surface area (Å²) in [6, 6.07) is 68.2. The van der Waals surface area contributed by atoms with Crippen LogP contribution in [0.2, 0.25) is 101 Å². The summed E-state index contributed by atoms with van der Waals surface area (Å²) in [7, 11) is -9.20. The first-order valence-electron chi connectivity index (χ1n) is 28.0. The van der Waals surface area contributed by atoms with E-state index in [0.29, 0.717) is 0 Å². The number of thiophene rings is 12. The Morgan fingerprint density at radius 2 is 0.395 bits per heavy atom. The fourth-order valence-corrected chi connectivity index (χ4v) is 51.8. The van der Waals surface area contributed by atoms with E-state index in [9.17, 15) is 0 Å². The number of rotatable bonds is 24. The topological polar surface area (TPSA) is 0 Å². The van der Waals surface area contributed by atoms with Gasteiger partial charge in [0, 0.05) is 78.0 Å². The summed E-state index contributed by atoms with van der Waals surface area (Å²) in [5, 5.41) is 8.81. The van der Waals surface area contributed by atoms with Crippen molar-refractivity contribution in [1.29, 1.82) is 0 Å². The third-order valence-electron chi connectivity index (χ3n) is 16.7. The van der Waals surface area contributed by atoms with Crippen molar-refractivity contribution >= 4 is 194 Å². The Bertz CT molecular complexity index is 3420. The van der Waals surface area contributed by atoms with Crippen LogP contribution in [0.1, 0.15) is 0 Å². The lowest BCUT2D eigenvalue weighted by Crippen LogP contribution is -2.49. The minimum Gasteiger partial charge on any atom is -0.144 e. The van der Waals surface area contributed by atoms with Gasteiger partial charge in [-0.25, -0.2) is 0 Å². The van der Waals surface area contributed by atoms with Gasteiger partial charge in [-0.05, 0) is 137 Å². The van der Waals surface area contributed by atoms with Crippen LogP contribution in [0.5, 0.6) is 0 Å². The van der Waals surface area contributed by atoms with E-state index in [2.05, 4.69) is 265 Å². The fraction of sp³-hybridized carbons (Fsp3) is 0.250. The highest BCUT2D eigenvalue weighted by Gasteiger charge is 2.42. The van der Waals surface area contributed by atoms with E-state index in [4.69, 9.17) is 0 Å². The molecule has 12 aromatic rings. The molecule has 0 fully saturated rings. The molecule has 0 saturated carbocycles. The summed E-state index contributed by atoms with van der Waals surface area (Å²) in [4.78, 5) is 22.6. The first kappa shape index (κ1) is 58.8. The average Bonchev–Trinajstić information content (AvgIpc) is 4.32. The molecular weight excluding hydrogens is 1290 g/mol. The van der Waals surface area contributed by atoms with Gasteiger partial charge >= 0.3 is 0 Å². The molecule has 81 heavy (non-hydrogen) atoms. The zero-order valence-corrected chi connectivity index (χ0v) is 62.0. The molecule has 0 atom stereocenters. The van der Waals surface area contributed by atoms with Gasteiger partial charge in [0.25, 0.3) is 0 Å². The molecule has 0 aromatic carbocycles. The van der Waals surface area contributed by atoms with E-state index in [1.807, 2.05) is 90.7 Å². The molecule has 0 radical (unpaired) electrons. The van der Waals surface area contributed by atoms with Crippen molar-refractivity contribution in [3.05, 3.63) is 167 Å². The van der Waals surface area contributed by atoms with Gasteiger partial charge in [-0.3, -0.25) is 0 Å². The lowest BCUT2D eigenvalue weighted by molar-refractivity contribution is 1.07. The second-order valence-corrected chi connectivity index (χ2v) is 62.4. The van der Waals surface area contributed by atoms with Crippen LogP contribution in [-0.2, 0) is 0 Å². The zero-order chi connectivity index (χ0) is 56.0. The number of hydrogen-bond acceptors (Lipinski definition) is 12. The van der Waals surface area contributed by atoms with E-state index in [1.165, 1.54) is 126 Å². The minimum absolute atomic E-state index is 1.38. The van der Waals surface area contributed by atoms with Crippen LogP contribution in [0.15, 0.2) is 167 Å².